The molecule has 11 nitrogen and oxygen atoms in total. The number of carboxylic acids is 1. The Hall–Kier alpha value is -2.28. The summed E-state index contributed by atoms with van der Waals surface area (Å²) in [6.07, 6.45) is 1.51. The predicted molar refractivity (Wildman–Crippen MR) is 106 cm³/mol. The monoisotopic (exact) mass is 422 g/mol. The van der Waals surface area contributed by atoms with Gasteiger partial charge in [0.15, 0.2) is 6.10 Å². The predicted octanol–water partition coefficient (Wildman–Crippen LogP) is -1.77. The second-order valence-corrected chi connectivity index (χ2v) is 8.43. The van der Waals surface area contributed by atoms with Gasteiger partial charge in [0.2, 0.25) is 5.95 Å². The summed E-state index contributed by atoms with van der Waals surface area (Å²) in [6.45, 7) is 7.21. The Morgan fingerprint density at radius 3 is 2.27 bits per heavy atom. The molecule has 1 amide bonds. The molecule has 2 atom stereocenters. The van der Waals surface area contributed by atoms with E-state index in [2.05, 4.69) is 9.97 Å². The fraction of sp³-hybridized carbons (Fsp3) is 0.667. The van der Waals surface area contributed by atoms with Gasteiger partial charge in [0.05, 0.1) is 24.4 Å². The zero-order valence-corrected chi connectivity index (χ0v) is 17.5. The molecule has 2 fully saturated rings. The zero-order chi connectivity index (χ0) is 22.3. The van der Waals surface area contributed by atoms with Crippen molar-refractivity contribution < 1.29 is 34.2 Å². The van der Waals surface area contributed by atoms with E-state index in [1.165, 1.54) is 22.2 Å². The van der Waals surface area contributed by atoms with Crippen LogP contribution in [0.4, 0.5) is 5.95 Å². The number of carbonyl (C=O) groups is 2. The molecule has 0 saturated carbocycles. The maximum Gasteiger partial charge on any atom is 0.498 e. The Labute approximate surface area is 174 Å². The summed E-state index contributed by atoms with van der Waals surface area (Å²) in [6, 6.07) is -1.09. The van der Waals surface area contributed by atoms with Gasteiger partial charge in [-0.15, -0.1) is 0 Å². The van der Waals surface area contributed by atoms with Crippen LogP contribution in [0, 0.1) is 0 Å². The molecule has 1 aromatic heterocycles. The first-order chi connectivity index (χ1) is 14.0. The molecule has 3 heterocycles. The topological polar surface area (TPSA) is 146 Å². The zero-order valence-electron chi connectivity index (χ0n) is 17.5. The first-order valence-corrected chi connectivity index (χ1v) is 9.71. The van der Waals surface area contributed by atoms with Crippen molar-refractivity contribution in [1.82, 2.24) is 14.9 Å². The number of carboxylic acid groups (broad SMARTS) is 1. The number of aliphatic hydroxyl groups excluding tert-OH is 2. The quantitative estimate of drug-likeness (QED) is 0.466. The fourth-order valence-electron chi connectivity index (χ4n) is 3.30. The van der Waals surface area contributed by atoms with Crippen molar-refractivity contribution in [3.8, 4) is 0 Å². The lowest BCUT2D eigenvalue weighted by Crippen LogP contribution is -2.60. The van der Waals surface area contributed by atoms with Gasteiger partial charge in [-0.1, -0.05) is 0 Å². The number of rotatable bonds is 5. The molecule has 0 radical (unpaired) electrons. The highest BCUT2D eigenvalue weighted by Gasteiger charge is 2.52. The Morgan fingerprint density at radius 2 is 1.77 bits per heavy atom. The molecule has 3 rings (SSSR count). The Morgan fingerprint density at radius 1 is 1.20 bits per heavy atom. The van der Waals surface area contributed by atoms with Crippen LogP contribution in [-0.2, 0) is 18.9 Å². The molecule has 0 aromatic carbocycles. The average Bonchev–Trinajstić information content (AvgIpc) is 2.93. The van der Waals surface area contributed by atoms with E-state index in [9.17, 15) is 19.8 Å². The normalized spacial score (nSPS) is 24.1. The van der Waals surface area contributed by atoms with Crippen LogP contribution in [0.1, 0.15) is 27.7 Å². The molecular weight excluding hydrogens is 395 g/mol. The maximum absolute atomic E-state index is 12.1. The fourth-order valence-corrected chi connectivity index (χ4v) is 3.30. The molecule has 30 heavy (non-hydrogen) atoms. The SMILES string of the molecule is CC1(C)OB(c2cnc(N3CCN(C(=O)[C@@H](O)CO)C[C@@H]3C(=O)O)nc2)OC1(C)C. The van der Waals surface area contributed by atoms with Gasteiger partial charge < -0.3 is 34.4 Å². The van der Waals surface area contributed by atoms with Gasteiger partial charge in [-0.2, -0.15) is 0 Å². The summed E-state index contributed by atoms with van der Waals surface area (Å²) in [5, 5.41) is 28.1. The molecule has 0 aliphatic carbocycles. The van der Waals surface area contributed by atoms with Crippen molar-refractivity contribution in [3.63, 3.8) is 0 Å². The largest absolute Gasteiger partial charge is 0.498 e. The standard InChI is InChI=1S/C18H27BN4O7/c1-17(2)18(3,4)30-19(29-17)11-7-20-16(21-8-11)23-6-5-22(9-12(23)15(27)28)14(26)13(25)10-24/h7-8,12-13,24-25H,5-6,9-10H2,1-4H3,(H,27,28)/t12-,13+/m1/s1. The van der Waals surface area contributed by atoms with E-state index in [0.29, 0.717) is 5.46 Å². The van der Waals surface area contributed by atoms with E-state index in [1.54, 1.807) is 0 Å². The summed E-state index contributed by atoms with van der Waals surface area (Å²) >= 11 is 0. The van der Waals surface area contributed by atoms with Gasteiger partial charge in [0.25, 0.3) is 5.91 Å². The van der Waals surface area contributed by atoms with Crippen molar-refractivity contribution in [1.29, 1.82) is 0 Å². The maximum atomic E-state index is 12.1. The highest BCUT2D eigenvalue weighted by Crippen LogP contribution is 2.36. The lowest BCUT2D eigenvalue weighted by Gasteiger charge is -2.39. The van der Waals surface area contributed by atoms with Gasteiger partial charge in [0, 0.05) is 30.9 Å². The van der Waals surface area contributed by atoms with Crippen LogP contribution >= 0.6 is 0 Å². The van der Waals surface area contributed by atoms with Crippen molar-refractivity contribution in [2.45, 2.75) is 51.0 Å². The van der Waals surface area contributed by atoms with E-state index in [1.807, 2.05) is 27.7 Å². The third-order valence-corrected chi connectivity index (χ3v) is 5.88. The van der Waals surface area contributed by atoms with E-state index in [-0.39, 0.29) is 25.6 Å². The third-order valence-electron chi connectivity index (χ3n) is 5.88. The molecule has 2 aliphatic heterocycles. The lowest BCUT2D eigenvalue weighted by atomic mass is 9.81. The number of nitrogens with zero attached hydrogens (tertiary/aromatic N) is 4. The van der Waals surface area contributed by atoms with Crippen LogP contribution < -0.4 is 10.4 Å². The van der Waals surface area contributed by atoms with Gasteiger partial charge in [0.1, 0.15) is 6.04 Å². The molecule has 3 N–H and O–H groups in total. The summed E-state index contributed by atoms with van der Waals surface area (Å²) in [4.78, 5) is 35.2. The minimum atomic E-state index is -1.57. The van der Waals surface area contributed by atoms with Crippen LogP contribution in [0.3, 0.4) is 0 Å². The average molecular weight is 422 g/mol. The van der Waals surface area contributed by atoms with Gasteiger partial charge in [-0.25, -0.2) is 14.8 Å². The number of hydrogen-bond donors (Lipinski definition) is 3. The Balaban J connectivity index is 1.74. The minimum absolute atomic E-state index is 0.159. The number of aliphatic carboxylic acids is 1. The Bertz CT molecular complexity index is 788. The number of carbonyl (C=O) groups excluding carboxylic acids is 1. The summed E-state index contributed by atoms with van der Waals surface area (Å²) in [5.41, 5.74) is -0.399. The van der Waals surface area contributed by atoms with Crippen LogP contribution in [0.5, 0.6) is 0 Å². The second-order valence-electron chi connectivity index (χ2n) is 8.43. The number of anilines is 1. The molecule has 0 spiro atoms. The van der Waals surface area contributed by atoms with E-state index >= 15 is 0 Å². The lowest BCUT2D eigenvalue weighted by molar-refractivity contribution is -0.146. The number of aliphatic hydroxyl groups is 2. The molecule has 12 heteroatoms. The molecule has 0 bridgehead atoms. The number of amides is 1. The van der Waals surface area contributed by atoms with Gasteiger partial charge in [-0.05, 0) is 27.7 Å². The summed E-state index contributed by atoms with van der Waals surface area (Å²) in [5.74, 6) is -1.65. The minimum Gasteiger partial charge on any atom is -0.480 e. The summed E-state index contributed by atoms with van der Waals surface area (Å²) < 4.78 is 11.9. The first-order valence-electron chi connectivity index (χ1n) is 9.71. The highest BCUT2D eigenvalue weighted by molar-refractivity contribution is 6.61. The molecule has 2 saturated heterocycles. The number of hydrogen-bond acceptors (Lipinski definition) is 9. The molecule has 2 aliphatic rings. The van der Waals surface area contributed by atoms with Crippen LogP contribution in [0.2, 0.25) is 0 Å². The van der Waals surface area contributed by atoms with Crippen molar-refractivity contribution in [2.24, 2.45) is 0 Å². The highest BCUT2D eigenvalue weighted by atomic mass is 16.7. The van der Waals surface area contributed by atoms with Gasteiger partial charge in [-0.3, -0.25) is 4.79 Å². The Kier molecular flexibility index (Phi) is 6.05. The second kappa shape index (κ2) is 8.10. The molecule has 164 valence electrons. The molecule has 1 aromatic rings. The summed E-state index contributed by atoms with van der Waals surface area (Å²) in [7, 11) is -0.631. The van der Waals surface area contributed by atoms with Crippen molar-refractivity contribution >= 4 is 30.4 Å². The van der Waals surface area contributed by atoms with Crippen molar-refractivity contribution in [2.75, 3.05) is 31.1 Å². The van der Waals surface area contributed by atoms with Crippen LogP contribution in [0.15, 0.2) is 12.4 Å². The number of piperazine rings is 1. The smallest absolute Gasteiger partial charge is 0.480 e. The first kappa shape index (κ1) is 22.4. The van der Waals surface area contributed by atoms with Gasteiger partial charge >= 0.3 is 13.1 Å². The van der Waals surface area contributed by atoms with E-state index in [0.717, 1.165) is 0 Å². The molecular formula is C18H27BN4O7. The van der Waals surface area contributed by atoms with E-state index in [4.69, 9.17) is 14.4 Å². The van der Waals surface area contributed by atoms with Crippen LogP contribution in [-0.4, -0.2) is 98.8 Å². The van der Waals surface area contributed by atoms with Crippen LogP contribution in [0.25, 0.3) is 0 Å². The van der Waals surface area contributed by atoms with E-state index < -0.39 is 48.9 Å². The number of aromatic nitrogens is 2. The van der Waals surface area contributed by atoms with Crippen molar-refractivity contribution in [3.05, 3.63) is 12.4 Å². The molecule has 0 unspecified atom stereocenters. The third kappa shape index (κ3) is 4.13.